The molecule has 31 heavy (non-hydrogen) atoms. The molecular weight excluding hydrogens is 412 g/mol. The predicted octanol–water partition coefficient (Wildman–Crippen LogP) is 2.31. The summed E-state index contributed by atoms with van der Waals surface area (Å²) < 4.78 is 20.1. The summed E-state index contributed by atoms with van der Waals surface area (Å²) in [5.41, 5.74) is -3.83. The third-order valence-electron chi connectivity index (χ3n) is 5.53. The summed E-state index contributed by atoms with van der Waals surface area (Å²) in [5.74, 6) is -3.31. The van der Waals surface area contributed by atoms with Gasteiger partial charge in [0.2, 0.25) is 0 Å². The van der Waals surface area contributed by atoms with Crippen LogP contribution in [0.2, 0.25) is 0 Å². The topological polar surface area (TPSA) is 146 Å². The molecule has 2 heterocycles. The van der Waals surface area contributed by atoms with E-state index in [1.807, 2.05) is 27.7 Å². The van der Waals surface area contributed by atoms with Gasteiger partial charge < -0.3 is 29.2 Å². The molecule has 2 aliphatic heterocycles. The fourth-order valence-corrected chi connectivity index (χ4v) is 3.88. The molecule has 1 unspecified atom stereocenters. The molecule has 10 nitrogen and oxygen atoms in total. The lowest BCUT2D eigenvalue weighted by Crippen LogP contribution is -2.52. The van der Waals surface area contributed by atoms with Gasteiger partial charge in [-0.3, -0.25) is 9.59 Å². The van der Waals surface area contributed by atoms with Crippen molar-refractivity contribution in [3.63, 3.8) is 0 Å². The Bertz CT molecular complexity index is 698. The standard InChI is InChI=1S/C11H18O5.C10H16O5/c1-10(2)5-4-6-11(16-10,9(13)14)7-8(12)15-3;1-9(2)4-5-10(15-9,8(12)13)6-7(11)14-3/h4-7H2,1-3H3,(H,13,14);4-6H2,1-3H3,(H,12,13)/t11-;/m1./s1. The molecule has 0 radical (unpaired) electrons. The van der Waals surface area contributed by atoms with Gasteiger partial charge >= 0.3 is 23.9 Å². The SMILES string of the molecule is COC(=O)CC1(C(=O)O)CCC(C)(C)O1.COC(=O)C[C@@]1(C(=O)O)CCCC(C)(C)O1. The first-order valence-electron chi connectivity index (χ1n) is 10.1. The molecule has 2 N–H and O–H groups in total. The summed E-state index contributed by atoms with van der Waals surface area (Å²) in [5, 5.41) is 18.3. The number of carboxylic acids is 2. The first-order chi connectivity index (χ1) is 14.1. The van der Waals surface area contributed by atoms with Crippen LogP contribution in [0.4, 0.5) is 0 Å². The Balaban J connectivity index is 0.000000311. The van der Waals surface area contributed by atoms with Crippen molar-refractivity contribution >= 4 is 23.9 Å². The van der Waals surface area contributed by atoms with E-state index in [2.05, 4.69) is 9.47 Å². The normalized spacial score (nSPS) is 28.6. The van der Waals surface area contributed by atoms with Gasteiger partial charge in [-0.1, -0.05) is 0 Å². The second kappa shape index (κ2) is 9.95. The summed E-state index contributed by atoms with van der Waals surface area (Å²) in [6, 6.07) is 0. The molecule has 0 aromatic carbocycles. The van der Waals surface area contributed by atoms with Crippen molar-refractivity contribution in [1.29, 1.82) is 0 Å². The van der Waals surface area contributed by atoms with Crippen LogP contribution in [0, 0.1) is 0 Å². The highest BCUT2D eigenvalue weighted by Crippen LogP contribution is 2.40. The van der Waals surface area contributed by atoms with E-state index in [1.165, 1.54) is 14.2 Å². The fraction of sp³-hybridized carbons (Fsp3) is 0.810. The lowest BCUT2D eigenvalue weighted by molar-refractivity contribution is -0.207. The number of ether oxygens (including phenoxy) is 4. The molecule has 0 spiro atoms. The zero-order valence-electron chi connectivity index (χ0n) is 19.1. The van der Waals surface area contributed by atoms with Gasteiger partial charge in [-0.25, -0.2) is 9.59 Å². The smallest absolute Gasteiger partial charge is 0.336 e. The van der Waals surface area contributed by atoms with E-state index < -0.39 is 46.3 Å². The maximum Gasteiger partial charge on any atom is 0.336 e. The van der Waals surface area contributed by atoms with Gasteiger partial charge in [-0.2, -0.15) is 0 Å². The number of methoxy groups -OCH3 is 2. The molecule has 0 amide bonds. The highest BCUT2D eigenvalue weighted by Gasteiger charge is 2.51. The summed E-state index contributed by atoms with van der Waals surface area (Å²) in [6.45, 7) is 7.30. The van der Waals surface area contributed by atoms with Gasteiger partial charge in [0, 0.05) is 0 Å². The molecule has 2 aliphatic rings. The summed E-state index contributed by atoms with van der Waals surface area (Å²) >= 11 is 0. The molecule has 0 bridgehead atoms. The lowest BCUT2D eigenvalue weighted by Gasteiger charge is -2.42. The number of hydrogen-bond acceptors (Lipinski definition) is 8. The van der Waals surface area contributed by atoms with Crippen LogP contribution in [0.5, 0.6) is 0 Å². The highest BCUT2D eigenvalue weighted by atomic mass is 16.6. The Hall–Kier alpha value is -2.20. The molecule has 2 atom stereocenters. The second-order valence-electron chi connectivity index (χ2n) is 9.18. The zero-order valence-corrected chi connectivity index (χ0v) is 19.1. The molecule has 0 saturated carbocycles. The lowest BCUT2D eigenvalue weighted by atomic mass is 9.84. The molecule has 10 heteroatoms. The quantitative estimate of drug-likeness (QED) is 0.583. The van der Waals surface area contributed by atoms with E-state index in [1.54, 1.807) is 0 Å². The minimum absolute atomic E-state index is 0.234. The number of rotatable bonds is 6. The fourth-order valence-electron chi connectivity index (χ4n) is 3.88. The van der Waals surface area contributed by atoms with E-state index >= 15 is 0 Å². The van der Waals surface area contributed by atoms with Crippen molar-refractivity contribution in [3.05, 3.63) is 0 Å². The Labute approximate surface area is 182 Å². The molecule has 0 aromatic rings. The first kappa shape index (κ1) is 26.8. The van der Waals surface area contributed by atoms with E-state index in [0.29, 0.717) is 19.3 Å². The summed E-state index contributed by atoms with van der Waals surface area (Å²) in [6.07, 6.45) is 2.37. The minimum atomic E-state index is -1.42. The predicted molar refractivity (Wildman–Crippen MR) is 107 cm³/mol. The van der Waals surface area contributed by atoms with Gasteiger partial charge in [-0.05, 0) is 59.8 Å². The summed E-state index contributed by atoms with van der Waals surface area (Å²) in [7, 11) is 2.48. The van der Waals surface area contributed by atoms with Crippen LogP contribution in [0.1, 0.15) is 72.6 Å². The van der Waals surface area contributed by atoms with Crippen molar-refractivity contribution in [2.24, 2.45) is 0 Å². The molecule has 0 aromatic heterocycles. The van der Waals surface area contributed by atoms with Crippen LogP contribution in [0.25, 0.3) is 0 Å². The van der Waals surface area contributed by atoms with E-state index in [4.69, 9.17) is 14.6 Å². The second-order valence-corrected chi connectivity index (χ2v) is 9.18. The van der Waals surface area contributed by atoms with Crippen LogP contribution < -0.4 is 0 Å². The van der Waals surface area contributed by atoms with Crippen molar-refractivity contribution in [3.8, 4) is 0 Å². The third kappa shape index (κ3) is 7.17. The van der Waals surface area contributed by atoms with Crippen molar-refractivity contribution in [2.75, 3.05) is 14.2 Å². The molecule has 2 rings (SSSR count). The van der Waals surface area contributed by atoms with Gasteiger partial charge in [0.25, 0.3) is 0 Å². The number of carbonyl (C=O) groups excluding carboxylic acids is 2. The minimum Gasteiger partial charge on any atom is -0.479 e. The van der Waals surface area contributed by atoms with Crippen LogP contribution in [0.3, 0.4) is 0 Å². The molecule has 2 saturated heterocycles. The highest BCUT2D eigenvalue weighted by molar-refractivity contribution is 5.85. The average Bonchev–Trinajstić information content (AvgIpc) is 2.96. The Morgan fingerprint density at radius 1 is 0.710 bits per heavy atom. The largest absolute Gasteiger partial charge is 0.479 e. The molecule has 2 fully saturated rings. The maximum atomic E-state index is 11.3. The van der Waals surface area contributed by atoms with Crippen molar-refractivity contribution in [1.82, 2.24) is 0 Å². The van der Waals surface area contributed by atoms with Gasteiger partial charge in [0.15, 0.2) is 11.2 Å². The van der Waals surface area contributed by atoms with E-state index in [-0.39, 0.29) is 12.8 Å². The van der Waals surface area contributed by atoms with Gasteiger partial charge in [0.05, 0.1) is 38.3 Å². The van der Waals surface area contributed by atoms with E-state index in [0.717, 1.165) is 12.8 Å². The summed E-state index contributed by atoms with van der Waals surface area (Å²) in [4.78, 5) is 44.8. The van der Waals surface area contributed by atoms with Crippen LogP contribution in [0.15, 0.2) is 0 Å². The first-order valence-corrected chi connectivity index (χ1v) is 10.1. The Morgan fingerprint density at radius 3 is 1.39 bits per heavy atom. The third-order valence-corrected chi connectivity index (χ3v) is 5.53. The Kier molecular flexibility index (Phi) is 8.61. The number of carbonyl (C=O) groups is 4. The molecule has 178 valence electrons. The number of aliphatic carboxylic acids is 2. The van der Waals surface area contributed by atoms with Crippen LogP contribution in [-0.4, -0.2) is 70.7 Å². The monoisotopic (exact) mass is 446 g/mol. The zero-order chi connectivity index (χ0) is 24.1. The van der Waals surface area contributed by atoms with Crippen molar-refractivity contribution in [2.45, 2.75) is 95.0 Å². The van der Waals surface area contributed by atoms with Gasteiger partial charge in [-0.15, -0.1) is 0 Å². The van der Waals surface area contributed by atoms with Crippen LogP contribution in [-0.2, 0) is 38.1 Å². The molecular formula is C21H34O10. The molecule has 0 aliphatic carbocycles. The number of hydrogen-bond donors (Lipinski definition) is 2. The van der Waals surface area contributed by atoms with Crippen LogP contribution >= 0.6 is 0 Å². The van der Waals surface area contributed by atoms with Gasteiger partial charge in [0.1, 0.15) is 0 Å². The number of esters is 2. The maximum absolute atomic E-state index is 11.3. The van der Waals surface area contributed by atoms with Crippen molar-refractivity contribution < 1.29 is 48.3 Å². The average molecular weight is 446 g/mol. The van der Waals surface area contributed by atoms with E-state index in [9.17, 15) is 24.3 Å². The number of carboxylic acid groups (broad SMARTS) is 2. The Morgan fingerprint density at radius 2 is 1.10 bits per heavy atom.